The minimum absolute atomic E-state index is 0.207. The molecule has 0 radical (unpaired) electrons. The minimum Gasteiger partial charge on any atom is -0.494 e. The van der Waals surface area contributed by atoms with E-state index in [9.17, 15) is 5.11 Å². The Morgan fingerprint density at radius 3 is 2.94 bits per heavy atom. The second kappa shape index (κ2) is 8.28. The van der Waals surface area contributed by atoms with Crippen molar-refractivity contribution in [3.05, 3.63) is 23.5 Å². The van der Waals surface area contributed by atoms with Gasteiger partial charge in [0, 0.05) is 6.61 Å². The van der Waals surface area contributed by atoms with Gasteiger partial charge in [0.2, 0.25) is 0 Å². The van der Waals surface area contributed by atoms with Crippen molar-refractivity contribution < 1.29 is 14.9 Å². The van der Waals surface area contributed by atoms with Gasteiger partial charge >= 0.3 is 0 Å². The number of aliphatic hydroxyl groups excluding tert-OH is 2. The maximum Gasteiger partial charge on any atom is 0.115 e. The third-order valence-electron chi connectivity index (χ3n) is 2.80. The highest BCUT2D eigenvalue weighted by Gasteiger charge is 2.13. The van der Waals surface area contributed by atoms with Crippen LogP contribution in [0.2, 0.25) is 0 Å². The zero-order valence-corrected chi connectivity index (χ0v) is 10.3. The summed E-state index contributed by atoms with van der Waals surface area (Å²) in [6.07, 6.45) is 7.52. The summed E-state index contributed by atoms with van der Waals surface area (Å²) in [6, 6.07) is 0. The number of nitrogens with two attached hydrogens (primary N) is 1. The summed E-state index contributed by atoms with van der Waals surface area (Å²) in [7, 11) is 0. The number of hydrogen-bond donors (Lipinski definition) is 3. The molecule has 0 bridgehead atoms. The summed E-state index contributed by atoms with van der Waals surface area (Å²) >= 11 is 0. The predicted octanol–water partition coefficient (Wildman–Crippen LogP) is 1.09. The van der Waals surface area contributed by atoms with E-state index in [1.807, 2.05) is 12.2 Å². The zero-order valence-electron chi connectivity index (χ0n) is 10.3. The highest BCUT2D eigenvalue weighted by atomic mass is 16.5. The van der Waals surface area contributed by atoms with Crippen molar-refractivity contribution in [2.75, 3.05) is 19.8 Å². The fourth-order valence-electron chi connectivity index (χ4n) is 1.81. The normalized spacial score (nSPS) is 17.4. The largest absolute Gasteiger partial charge is 0.494 e. The molecule has 1 rings (SSSR count). The van der Waals surface area contributed by atoms with E-state index in [4.69, 9.17) is 15.6 Å². The molecule has 1 aliphatic rings. The van der Waals surface area contributed by atoms with Crippen LogP contribution in [0.5, 0.6) is 0 Å². The third kappa shape index (κ3) is 5.35. The maximum atomic E-state index is 9.84. The molecule has 0 heterocycles. The van der Waals surface area contributed by atoms with Crippen LogP contribution < -0.4 is 5.73 Å². The number of aliphatic hydroxyl groups is 2. The quantitative estimate of drug-likeness (QED) is 0.556. The van der Waals surface area contributed by atoms with E-state index in [1.165, 1.54) is 0 Å². The molecule has 17 heavy (non-hydrogen) atoms. The molecule has 4 nitrogen and oxygen atoms in total. The number of unbranched alkanes of at least 4 members (excludes halogenated alkanes) is 1. The number of rotatable bonds is 8. The summed E-state index contributed by atoms with van der Waals surface area (Å²) < 4.78 is 5.57. The van der Waals surface area contributed by atoms with Crippen LogP contribution in [0.25, 0.3) is 0 Å². The lowest BCUT2D eigenvalue weighted by Crippen LogP contribution is -2.17. The molecule has 0 aliphatic heterocycles. The smallest absolute Gasteiger partial charge is 0.115 e. The molecule has 0 amide bonds. The fourth-order valence-corrected chi connectivity index (χ4v) is 1.81. The van der Waals surface area contributed by atoms with E-state index in [0.29, 0.717) is 19.6 Å². The summed E-state index contributed by atoms with van der Waals surface area (Å²) in [6.45, 7) is 1.32. The molecule has 0 aromatic heterocycles. The Morgan fingerprint density at radius 1 is 1.41 bits per heavy atom. The van der Waals surface area contributed by atoms with Gasteiger partial charge in [-0.25, -0.2) is 0 Å². The molecule has 0 spiro atoms. The van der Waals surface area contributed by atoms with Gasteiger partial charge in [0.05, 0.1) is 12.7 Å². The highest BCUT2D eigenvalue weighted by Crippen LogP contribution is 2.22. The Kier molecular flexibility index (Phi) is 6.93. The van der Waals surface area contributed by atoms with Crippen LogP contribution >= 0.6 is 0 Å². The van der Waals surface area contributed by atoms with Gasteiger partial charge in [0.15, 0.2) is 0 Å². The van der Waals surface area contributed by atoms with Gasteiger partial charge in [-0.1, -0.05) is 0 Å². The van der Waals surface area contributed by atoms with Gasteiger partial charge in [-0.05, 0) is 56.4 Å². The molecule has 1 aliphatic carbocycles. The Bertz CT molecular complexity index is 274. The van der Waals surface area contributed by atoms with Crippen molar-refractivity contribution in [1.29, 1.82) is 0 Å². The Labute approximate surface area is 103 Å². The van der Waals surface area contributed by atoms with Gasteiger partial charge in [-0.3, -0.25) is 0 Å². The maximum absolute atomic E-state index is 9.84. The SMILES string of the molecule is NCCC(O)C1=CC(OCCCCO)=CCC1. The molecule has 4 heteroatoms. The second-order valence-corrected chi connectivity index (χ2v) is 4.24. The van der Waals surface area contributed by atoms with Crippen molar-refractivity contribution in [3.8, 4) is 0 Å². The van der Waals surface area contributed by atoms with Crippen LogP contribution in [0.3, 0.4) is 0 Å². The van der Waals surface area contributed by atoms with Crippen LogP contribution in [0, 0.1) is 0 Å². The molecule has 0 aromatic carbocycles. The van der Waals surface area contributed by atoms with Crippen LogP contribution in [-0.4, -0.2) is 36.1 Å². The highest BCUT2D eigenvalue weighted by molar-refractivity contribution is 5.25. The average molecular weight is 241 g/mol. The van der Waals surface area contributed by atoms with E-state index in [1.54, 1.807) is 0 Å². The summed E-state index contributed by atoms with van der Waals surface area (Å²) in [5.74, 6) is 0.834. The average Bonchev–Trinajstić information content (AvgIpc) is 2.35. The summed E-state index contributed by atoms with van der Waals surface area (Å²) in [5.41, 5.74) is 6.44. The molecular formula is C13H23NO3. The van der Waals surface area contributed by atoms with Crippen molar-refractivity contribution in [3.63, 3.8) is 0 Å². The monoisotopic (exact) mass is 241 g/mol. The van der Waals surface area contributed by atoms with E-state index in [0.717, 1.165) is 37.0 Å². The first-order chi connectivity index (χ1) is 8.27. The van der Waals surface area contributed by atoms with Crippen molar-refractivity contribution in [2.24, 2.45) is 5.73 Å². The lowest BCUT2D eigenvalue weighted by molar-refractivity contribution is 0.186. The third-order valence-corrected chi connectivity index (χ3v) is 2.80. The van der Waals surface area contributed by atoms with Gasteiger partial charge in [0.25, 0.3) is 0 Å². The van der Waals surface area contributed by atoms with Gasteiger partial charge in [-0.2, -0.15) is 0 Å². The van der Waals surface area contributed by atoms with Gasteiger partial charge in [0.1, 0.15) is 5.76 Å². The lowest BCUT2D eigenvalue weighted by Gasteiger charge is -2.19. The molecule has 1 atom stereocenters. The Hall–Kier alpha value is -0.840. The first-order valence-corrected chi connectivity index (χ1v) is 6.30. The van der Waals surface area contributed by atoms with Crippen molar-refractivity contribution in [1.82, 2.24) is 0 Å². The molecule has 1 unspecified atom stereocenters. The number of allylic oxidation sites excluding steroid dienone is 2. The Balaban J connectivity index is 2.37. The van der Waals surface area contributed by atoms with Crippen LogP contribution in [0.15, 0.2) is 23.5 Å². The molecule has 0 aromatic rings. The standard InChI is InChI=1S/C13H23NO3/c14-7-6-13(16)11-4-3-5-12(10-11)17-9-2-1-8-15/h5,10,13,15-16H,1-4,6-9,14H2. The van der Waals surface area contributed by atoms with Gasteiger partial charge < -0.3 is 20.7 Å². The number of ether oxygens (including phenoxy) is 1. The minimum atomic E-state index is -0.440. The zero-order chi connectivity index (χ0) is 12.5. The molecule has 98 valence electrons. The van der Waals surface area contributed by atoms with E-state index < -0.39 is 6.10 Å². The van der Waals surface area contributed by atoms with Gasteiger partial charge in [-0.15, -0.1) is 0 Å². The number of hydrogen-bond acceptors (Lipinski definition) is 4. The molecule has 0 saturated carbocycles. The molecule has 0 fully saturated rings. The van der Waals surface area contributed by atoms with Crippen LogP contribution in [-0.2, 0) is 4.74 Å². The molecule has 4 N–H and O–H groups in total. The fraction of sp³-hybridized carbons (Fsp3) is 0.692. The second-order valence-electron chi connectivity index (χ2n) is 4.24. The van der Waals surface area contributed by atoms with Crippen LogP contribution in [0.1, 0.15) is 32.1 Å². The lowest BCUT2D eigenvalue weighted by atomic mass is 9.97. The first kappa shape index (κ1) is 14.2. The van der Waals surface area contributed by atoms with Crippen LogP contribution in [0.4, 0.5) is 0 Å². The van der Waals surface area contributed by atoms with E-state index in [2.05, 4.69) is 0 Å². The topological polar surface area (TPSA) is 75.7 Å². The molecule has 0 saturated heterocycles. The van der Waals surface area contributed by atoms with E-state index in [-0.39, 0.29) is 6.61 Å². The summed E-state index contributed by atoms with van der Waals surface area (Å²) in [4.78, 5) is 0. The molecular weight excluding hydrogens is 218 g/mol. The Morgan fingerprint density at radius 2 is 2.24 bits per heavy atom. The first-order valence-electron chi connectivity index (χ1n) is 6.30. The predicted molar refractivity (Wildman–Crippen MR) is 67.4 cm³/mol. The van der Waals surface area contributed by atoms with Crippen molar-refractivity contribution >= 4 is 0 Å². The van der Waals surface area contributed by atoms with E-state index >= 15 is 0 Å². The summed E-state index contributed by atoms with van der Waals surface area (Å²) in [5, 5.41) is 18.5. The van der Waals surface area contributed by atoms with Crippen molar-refractivity contribution in [2.45, 2.75) is 38.2 Å².